The molecule has 2 heterocycles. The normalized spacial score (nSPS) is 14.2. The van der Waals surface area contributed by atoms with Gasteiger partial charge in [0, 0.05) is 43.3 Å². The lowest BCUT2D eigenvalue weighted by Gasteiger charge is -2.38. The Morgan fingerprint density at radius 1 is 1.03 bits per heavy atom. The second kappa shape index (κ2) is 8.88. The number of halogens is 1. The van der Waals surface area contributed by atoms with Crippen LogP contribution in [0.4, 0.5) is 10.1 Å². The lowest BCUT2D eigenvalue weighted by Crippen LogP contribution is -2.51. The van der Waals surface area contributed by atoms with Crippen LogP contribution in [-0.2, 0) is 4.79 Å². The summed E-state index contributed by atoms with van der Waals surface area (Å²) >= 11 is 0. The van der Waals surface area contributed by atoms with Crippen molar-refractivity contribution in [2.75, 3.05) is 31.2 Å². The number of aromatic amines is 1. The molecule has 0 aliphatic carbocycles. The number of amides is 1. The summed E-state index contributed by atoms with van der Waals surface area (Å²) in [5.74, 6) is 3.86. The minimum atomic E-state index is -0.739. The number of nitrogens with two attached hydrogens (primary N) is 1. The molecule has 3 aromatic rings. The Morgan fingerprint density at radius 2 is 1.72 bits per heavy atom. The molecule has 1 aliphatic heterocycles. The number of Topliss-reactive ketones (excluding diaryl/α,β-unsaturated/α-hetero) is 1. The number of nitrogens with zero attached hydrogens (tertiary/aromatic N) is 5. The highest BCUT2D eigenvalue weighted by Gasteiger charge is 2.30. The lowest BCUT2D eigenvalue weighted by atomic mass is 10.1. The third-order valence-corrected chi connectivity index (χ3v) is 5.41. The number of H-pyrrole nitrogens is 1. The van der Waals surface area contributed by atoms with Crippen LogP contribution < -0.4 is 10.9 Å². The van der Waals surface area contributed by atoms with E-state index in [1.165, 1.54) is 22.2 Å². The van der Waals surface area contributed by atoms with E-state index in [9.17, 15) is 14.0 Å². The SMILES string of the molecule is C=C(N1CCN(C(=O)C(=O)c2c[nH]c3cccc(F)c23)CC1)N(/N=N\N)c1ccccc1. The van der Waals surface area contributed by atoms with Crippen molar-refractivity contribution in [2.45, 2.75) is 0 Å². The number of piperazine rings is 1. The number of carbonyl (C=O) groups is 2. The van der Waals surface area contributed by atoms with Crippen molar-refractivity contribution in [3.63, 3.8) is 0 Å². The molecular formula is C22H22FN7O2. The van der Waals surface area contributed by atoms with E-state index in [0.717, 1.165) is 5.69 Å². The first kappa shape index (κ1) is 21.0. The highest BCUT2D eigenvalue weighted by Crippen LogP contribution is 2.24. The van der Waals surface area contributed by atoms with Gasteiger partial charge in [-0.25, -0.2) is 4.39 Å². The number of nitrogens with one attached hydrogen (secondary N) is 1. The summed E-state index contributed by atoms with van der Waals surface area (Å²) < 4.78 is 14.2. The summed E-state index contributed by atoms with van der Waals surface area (Å²) in [7, 11) is 0. The van der Waals surface area contributed by atoms with Crippen molar-refractivity contribution in [3.05, 3.63) is 78.5 Å². The molecule has 0 bridgehead atoms. The minimum Gasteiger partial charge on any atom is -0.360 e. The summed E-state index contributed by atoms with van der Waals surface area (Å²) in [6, 6.07) is 13.7. The summed E-state index contributed by atoms with van der Waals surface area (Å²) in [4.78, 5) is 31.9. The zero-order valence-corrected chi connectivity index (χ0v) is 17.2. The molecule has 0 unspecified atom stereocenters. The molecule has 2 aromatic carbocycles. The topological polar surface area (TPSA) is 110 Å². The third kappa shape index (κ3) is 3.89. The van der Waals surface area contributed by atoms with Crippen molar-refractivity contribution in [3.8, 4) is 0 Å². The largest absolute Gasteiger partial charge is 0.360 e. The first-order valence-corrected chi connectivity index (χ1v) is 10.0. The first-order chi connectivity index (χ1) is 15.5. The van der Waals surface area contributed by atoms with E-state index in [4.69, 9.17) is 5.84 Å². The van der Waals surface area contributed by atoms with Crippen molar-refractivity contribution in [1.29, 1.82) is 0 Å². The van der Waals surface area contributed by atoms with Crippen molar-refractivity contribution >= 4 is 28.3 Å². The average molecular weight is 435 g/mol. The van der Waals surface area contributed by atoms with Crippen LogP contribution >= 0.6 is 0 Å². The van der Waals surface area contributed by atoms with E-state index >= 15 is 0 Å². The molecule has 0 spiro atoms. The Bertz CT molecular complexity index is 1180. The molecular weight excluding hydrogens is 413 g/mol. The van der Waals surface area contributed by atoms with E-state index in [2.05, 4.69) is 22.0 Å². The fourth-order valence-corrected chi connectivity index (χ4v) is 3.75. The number of hydrogen-bond acceptors (Lipinski definition) is 5. The third-order valence-electron chi connectivity index (χ3n) is 5.41. The molecule has 1 aromatic heterocycles. The number of para-hydroxylation sites is 1. The van der Waals surface area contributed by atoms with Gasteiger partial charge in [0.1, 0.15) is 11.6 Å². The molecule has 32 heavy (non-hydrogen) atoms. The first-order valence-electron chi connectivity index (χ1n) is 10.0. The van der Waals surface area contributed by atoms with E-state index in [1.54, 1.807) is 12.1 Å². The molecule has 1 aliphatic rings. The minimum absolute atomic E-state index is 0.0357. The highest BCUT2D eigenvalue weighted by atomic mass is 19.1. The smallest absolute Gasteiger partial charge is 0.295 e. The van der Waals surface area contributed by atoms with Gasteiger partial charge in [0.15, 0.2) is 0 Å². The molecule has 1 saturated heterocycles. The van der Waals surface area contributed by atoms with Crippen LogP contribution in [-0.4, -0.2) is 52.7 Å². The maximum atomic E-state index is 14.2. The molecule has 4 rings (SSSR count). The monoisotopic (exact) mass is 435 g/mol. The van der Waals surface area contributed by atoms with E-state index < -0.39 is 17.5 Å². The predicted molar refractivity (Wildman–Crippen MR) is 118 cm³/mol. The average Bonchev–Trinajstić information content (AvgIpc) is 3.27. The maximum Gasteiger partial charge on any atom is 0.295 e. The number of benzene rings is 2. The lowest BCUT2D eigenvalue weighted by molar-refractivity contribution is -0.127. The molecule has 164 valence electrons. The summed E-state index contributed by atoms with van der Waals surface area (Å²) in [6.45, 7) is 5.56. The van der Waals surface area contributed by atoms with Crippen LogP contribution in [0.2, 0.25) is 0 Å². The van der Waals surface area contributed by atoms with Gasteiger partial charge in [-0.15, -0.1) is 0 Å². The van der Waals surface area contributed by atoms with Gasteiger partial charge in [0.25, 0.3) is 11.7 Å². The number of aromatic nitrogens is 1. The van der Waals surface area contributed by atoms with Crippen molar-refractivity contribution < 1.29 is 14.0 Å². The van der Waals surface area contributed by atoms with E-state index in [1.807, 2.05) is 35.2 Å². The Kier molecular flexibility index (Phi) is 5.84. The van der Waals surface area contributed by atoms with Gasteiger partial charge < -0.3 is 20.6 Å². The number of anilines is 1. The van der Waals surface area contributed by atoms with Gasteiger partial charge in [-0.3, -0.25) is 9.59 Å². The van der Waals surface area contributed by atoms with Crippen LogP contribution in [0.15, 0.2) is 77.6 Å². The van der Waals surface area contributed by atoms with Gasteiger partial charge in [-0.05, 0) is 29.5 Å². The zero-order valence-electron chi connectivity index (χ0n) is 17.2. The van der Waals surface area contributed by atoms with Gasteiger partial charge in [0.2, 0.25) is 0 Å². The fraction of sp³-hybridized carbons (Fsp3) is 0.182. The zero-order chi connectivity index (χ0) is 22.7. The molecule has 1 fully saturated rings. The molecule has 9 nitrogen and oxygen atoms in total. The number of rotatable bonds is 6. The second-order valence-electron chi connectivity index (χ2n) is 7.24. The van der Waals surface area contributed by atoms with Gasteiger partial charge in [-0.1, -0.05) is 36.1 Å². The van der Waals surface area contributed by atoms with E-state index in [-0.39, 0.29) is 10.9 Å². The van der Waals surface area contributed by atoms with Crippen LogP contribution in [0, 0.1) is 5.82 Å². The Balaban J connectivity index is 1.44. The highest BCUT2D eigenvalue weighted by molar-refractivity contribution is 6.44. The van der Waals surface area contributed by atoms with E-state index in [0.29, 0.717) is 37.5 Å². The summed E-state index contributed by atoms with van der Waals surface area (Å²) in [5, 5.41) is 8.96. The van der Waals surface area contributed by atoms with Gasteiger partial charge in [0.05, 0.1) is 11.3 Å². The van der Waals surface area contributed by atoms with Gasteiger partial charge in [-0.2, -0.15) is 5.01 Å². The number of carbonyl (C=O) groups excluding carboxylic acids is 2. The molecule has 10 heteroatoms. The number of ketones is 1. The van der Waals surface area contributed by atoms with Crippen LogP contribution in [0.1, 0.15) is 10.4 Å². The van der Waals surface area contributed by atoms with Crippen molar-refractivity contribution in [2.24, 2.45) is 16.3 Å². The maximum absolute atomic E-state index is 14.2. The number of hydrogen-bond donors (Lipinski definition) is 2. The van der Waals surface area contributed by atoms with Gasteiger partial charge >= 0.3 is 0 Å². The molecule has 0 radical (unpaired) electrons. The number of fused-ring (bicyclic) bond motifs is 1. The molecule has 3 N–H and O–H groups in total. The predicted octanol–water partition coefficient (Wildman–Crippen LogP) is 2.85. The molecule has 1 amide bonds. The van der Waals surface area contributed by atoms with Crippen LogP contribution in [0.5, 0.6) is 0 Å². The molecule has 0 atom stereocenters. The van der Waals surface area contributed by atoms with Crippen LogP contribution in [0.3, 0.4) is 0 Å². The Hall–Kier alpha value is -4.21. The summed E-state index contributed by atoms with van der Waals surface area (Å²) in [6.07, 6.45) is 1.38. The Labute approximate surface area is 183 Å². The quantitative estimate of drug-likeness (QED) is 0.203. The fourth-order valence-electron chi connectivity index (χ4n) is 3.75. The van der Waals surface area contributed by atoms with Crippen molar-refractivity contribution in [1.82, 2.24) is 14.8 Å². The van der Waals surface area contributed by atoms with Crippen LogP contribution in [0.25, 0.3) is 10.9 Å². The Morgan fingerprint density at radius 3 is 2.41 bits per heavy atom. The molecule has 0 saturated carbocycles. The standard InChI is InChI=1S/C22H22FN7O2/c1-15(30(27-26-24)16-6-3-2-4-7-16)28-10-12-29(13-11-28)22(32)21(31)17-14-25-19-9-5-8-18(23)20(17)19/h2-9,14,25H,1,10-13H2,(H2,24,27). The second-order valence-corrected chi connectivity index (χ2v) is 7.24. The summed E-state index contributed by atoms with van der Waals surface area (Å²) in [5.41, 5.74) is 1.24.